The molecule has 0 aromatic rings. The number of carboxylic acids is 1. The molecule has 0 aliphatic carbocycles. The van der Waals surface area contributed by atoms with Crippen LogP contribution in [0.3, 0.4) is 0 Å². The van der Waals surface area contributed by atoms with E-state index in [-0.39, 0.29) is 0 Å². The maximum absolute atomic E-state index is 9.65. The fourth-order valence-electron chi connectivity index (χ4n) is 0.118. The lowest BCUT2D eigenvalue weighted by atomic mass is 10.4. The molecular weight excluding hydrogens is 135 g/mol. The van der Waals surface area contributed by atoms with Gasteiger partial charge in [0.1, 0.15) is 0 Å². The van der Waals surface area contributed by atoms with Crippen molar-refractivity contribution in [2.45, 2.75) is 11.7 Å². The summed E-state index contributed by atoms with van der Waals surface area (Å²) < 4.78 is 0. The minimum Gasteiger partial charge on any atom is -0.479 e. The molecule has 0 aliphatic rings. The molecule has 2 atom stereocenters. The van der Waals surface area contributed by atoms with E-state index in [0.717, 1.165) is 0 Å². The molecule has 0 saturated heterocycles. The highest BCUT2D eigenvalue weighted by Crippen LogP contribution is 1.96. The topological polar surface area (TPSA) is 77.8 Å². The van der Waals surface area contributed by atoms with Gasteiger partial charge in [-0.2, -0.15) is 0 Å². The zero-order valence-corrected chi connectivity index (χ0v) is 4.54. The third-order valence-electron chi connectivity index (χ3n) is 0.514. The van der Waals surface area contributed by atoms with Crippen LogP contribution in [0.4, 0.5) is 0 Å². The molecule has 0 aliphatic heterocycles. The molecule has 8 heavy (non-hydrogen) atoms. The van der Waals surface area contributed by atoms with E-state index in [1.165, 1.54) is 0 Å². The van der Waals surface area contributed by atoms with Gasteiger partial charge in [0.05, 0.1) is 0 Å². The van der Waals surface area contributed by atoms with Crippen LogP contribution in [0.2, 0.25) is 0 Å². The van der Waals surface area contributed by atoms with Crippen LogP contribution in [0.1, 0.15) is 0 Å². The van der Waals surface area contributed by atoms with Gasteiger partial charge in [0, 0.05) is 0 Å². The molecule has 3 N–H and O–H groups in total. The molecule has 0 unspecified atom stereocenters. The highest BCUT2D eigenvalue weighted by molar-refractivity contribution is 6.21. The van der Waals surface area contributed by atoms with Crippen molar-refractivity contribution in [3.8, 4) is 0 Å². The second-order valence-corrected chi connectivity index (χ2v) is 1.60. The molecule has 0 aromatic heterocycles. The van der Waals surface area contributed by atoms with E-state index < -0.39 is 17.6 Å². The van der Waals surface area contributed by atoms with E-state index in [9.17, 15) is 4.79 Å². The lowest BCUT2D eigenvalue weighted by Gasteiger charge is -2.03. The van der Waals surface area contributed by atoms with Crippen molar-refractivity contribution in [3.05, 3.63) is 0 Å². The predicted octanol–water partition coefficient (Wildman–Crippen LogP) is -1.01. The fourth-order valence-corrected chi connectivity index (χ4v) is 0.225. The second-order valence-electron chi connectivity index (χ2n) is 1.16. The van der Waals surface area contributed by atoms with Crippen LogP contribution in [0, 0.1) is 0 Å². The predicted molar refractivity (Wildman–Crippen MR) is 25.5 cm³/mol. The number of aliphatic hydroxyl groups excluding tert-OH is 2. The van der Waals surface area contributed by atoms with Gasteiger partial charge in [-0.05, 0) is 0 Å². The third-order valence-corrected chi connectivity index (χ3v) is 0.752. The largest absolute Gasteiger partial charge is 0.479 e. The highest BCUT2D eigenvalue weighted by Gasteiger charge is 2.20. The van der Waals surface area contributed by atoms with E-state index in [4.69, 9.17) is 26.9 Å². The van der Waals surface area contributed by atoms with Crippen LogP contribution in [0.5, 0.6) is 0 Å². The monoisotopic (exact) mass is 140 g/mol. The number of carbonyl (C=O) groups is 1. The number of rotatable bonds is 2. The zero-order chi connectivity index (χ0) is 6.73. The number of halogens is 1. The summed E-state index contributed by atoms with van der Waals surface area (Å²) in [6.07, 6.45) is -1.89. The first-order chi connectivity index (χ1) is 3.55. The Kier molecular flexibility index (Phi) is 2.75. The Morgan fingerprint density at radius 1 is 1.50 bits per heavy atom. The van der Waals surface area contributed by atoms with Gasteiger partial charge in [-0.1, -0.05) is 11.6 Å². The van der Waals surface area contributed by atoms with Crippen molar-refractivity contribution in [1.82, 2.24) is 0 Å². The Labute approximate surface area is 50.3 Å². The number of carboxylic acid groups (broad SMARTS) is 1. The summed E-state index contributed by atoms with van der Waals surface area (Å²) in [6, 6.07) is 0. The first-order valence-electron chi connectivity index (χ1n) is 1.78. The lowest BCUT2D eigenvalue weighted by molar-refractivity contribution is -0.149. The molecule has 0 saturated carbocycles. The number of hydrogen-bond acceptors (Lipinski definition) is 3. The molecule has 4 nitrogen and oxygen atoms in total. The average Bonchev–Trinajstić information content (AvgIpc) is 1.64. The number of hydrogen-bond donors (Lipinski definition) is 3. The van der Waals surface area contributed by atoms with Crippen molar-refractivity contribution in [1.29, 1.82) is 0 Å². The first kappa shape index (κ1) is 7.68. The molecule has 0 radical (unpaired) electrons. The summed E-state index contributed by atoms with van der Waals surface area (Å²) >= 11 is 4.75. The maximum atomic E-state index is 9.65. The van der Waals surface area contributed by atoms with E-state index >= 15 is 0 Å². The van der Waals surface area contributed by atoms with E-state index in [0.29, 0.717) is 0 Å². The van der Waals surface area contributed by atoms with Gasteiger partial charge < -0.3 is 15.3 Å². The minimum atomic E-state index is -1.89. The van der Waals surface area contributed by atoms with Gasteiger partial charge >= 0.3 is 5.97 Å². The van der Waals surface area contributed by atoms with Gasteiger partial charge in [0.15, 0.2) is 11.7 Å². The second kappa shape index (κ2) is 2.86. The van der Waals surface area contributed by atoms with Crippen molar-refractivity contribution < 1.29 is 20.1 Å². The average molecular weight is 141 g/mol. The molecule has 0 aromatic carbocycles. The molecule has 48 valence electrons. The Hall–Kier alpha value is -0.320. The molecule has 0 heterocycles. The van der Waals surface area contributed by atoms with Crippen molar-refractivity contribution in [2.24, 2.45) is 0 Å². The van der Waals surface area contributed by atoms with Crippen molar-refractivity contribution in [2.75, 3.05) is 0 Å². The van der Waals surface area contributed by atoms with E-state index in [1.807, 2.05) is 0 Å². The van der Waals surface area contributed by atoms with Crippen LogP contribution in [0.15, 0.2) is 0 Å². The first-order valence-corrected chi connectivity index (χ1v) is 2.22. The fraction of sp³-hybridized carbons (Fsp3) is 0.667. The Morgan fingerprint density at radius 2 is 1.88 bits per heavy atom. The summed E-state index contributed by atoms with van der Waals surface area (Å²) in [4.78, 5) is 9.65. The van der Waals surface area contributed by atoms with Crippen molar-refractivity contribution in [3.63, 3.8) is 0 Å². The van der Waals surface area contributed by atoms with Crippen LogP contribution in [0.25, 0.3) is 0 Å². The smallest absolute Gasteiger partial charge is 0.336 e. The molecule has 0 amide bonds. The van der Waals surface area contributed by atoms with Crippen LogP contribution in [-0.4, -0.2) is 33.0 Å². The van der Waals surface area contributed by atoms with E-state index in [1.54, 1.807) is 0 Å². The highest BCUT2D eigenvalue weighted by atomic mass is 35.5. The normalized spacial score (nSPS) is 17.4. The van der Waals surface area contributed by atoms with Crippen molar-refractivity contribution >= 4 is 17.6 Å². The molecule has 0 rings (SSSR count). The van der Waals surface area contributed by atoms with Gasteiger partial charge in [-0.25, -0.2) is 4.79 Å². The summed E-state index contributed by atoms with van der Waals surface area (Å²) in [5.74, 6) is -1.53. The lowest BCUT2D eigenvalue weighted by Crippen LogP contribution is -2.29. The molecule has 5 heteroatoms. The standard InChI is InChI=1S/C3H5ClO4/c4-2(6)1(5)3(7)8/h1-2,5-6H,(H,7,8)/t1-,2-/m1/s1. The number of aliphatic hydroxyl groups is 2. The molecule has 0 bridgehead atoms. The molecule has 0 spiro atoms. The van der Waals surface area contributed by atoms with Gasteiger partial charge in [-0.15, -0.1) is 0 Å². The zero-order valence-electron chi connectivity index (χ0n) is 3.78. The Bertz CT molecular complexity index is 91.3. The molecule has 0 fully saturated rings. The van der Waals surface area contributed by atoms with Crippen LogP contribution < -0.4 is 0 Å². The quantitative estimate of drug-likeness (QED) is 0.430. The van der Waals surface area contributed by atoms with Gasteiger partial charge in [0.25, 0.3) is 0 Å². The Balaban J connectivity index is 3.64. The summed E-state index contributed by atoms with van der Waals surface area (Å²) in [5, 5.41) is 24.2. The maximum Gasteiger partial charge on any atom is 0.336 e. The molecular formula is C3H5ClO4. The van der Waals surface area contributed by atoms with Crippen LogP contribution >= 0.6 is 11.6 Å². The summed E-state index contributed by atoms with van der Waals surface area (Å²) in [6.45, 7) is 0. The van der Waals surface area contributed by atoms with Crippen LogP contribution in [-0.2, 0) is 4.79 Å². The van der Waals surface area contributed by atoms with E-state index in [2.05, 4.69) is 0 Å². The summed E-state index contributed by atoms with van der Waals surface area (Å²) in [5.41, 5.74) is -1.73. The van der Waals surface area contributed by atoms with Gasteiger partial charge in [0.2, 0.25) is 0 Å². The number of aliphatic carboxylic acids is 1. The SMILES string of the molecule is O=C(O)[C@H](O)[C@@H](O)Cl. The Morgan fingerprint density at radius 3 is 1.88 bits per heavy atom. The van der Waals surface area contributed by atoms with Gasteiger partial charge in [-0.3, -0.25) is 0 Å². The number of alkyl halides is 1. The third kappa shape index (κ3) is 2.11. The summed E-state index contributed by atoms with van der Waals surface area (Å²) in [7, 11) is 0. The minimum absolute atomic E-state index is 1.53.